The molecular formula is C19H24ClFN2O3S. The lowest BCUT2D eigenvalue weighted by molar-refractivity contribution is -0.0745. The molecule has 0 heterocycles. The highest BCUT2D eigenvalue weighted by Crippen LogP contribution is 2.60. The van der Waals surface area contributed by atoms with Gasteiger partial charge in [0, 0.05) is 17.7 Å². The fourth-order valence-corrected chi connectivity index (χ4v) is 6.42. The van der Waals surface area contributed by atoms with Gasteiger partial charge in [0.05, 0.1) is 17.2 Å². The summed E-state index contributed by atoms with van der Waals surface area (Å²) in [5, 5.41) is 0.138. The molecular weight excluding hydrogens is 391 g/mol. The Balaban J connectivity index is 1.49. The van der Waals surface area contributed by atoms with E-state index in [0.29, 0.717) is 6.61 Å². The van der Waals surface area contributed by atoms with Crippen LogP contribution in [0.5, 0.6) is 5.75 Å². The molecule has 0 aromatic heterocycles. The first-order valence-electron chi connectivity index (χ1n) is 9.30. The van der Waals surface area contributed by atoms with E-state index >= 15 is 0 Å². The van der Waals surface area contributed by atoms with E-state index in [1.54, 1.807) is 0 Å². The second-order valence-electron chi connectivity index (χ2n) is 8.74. The smallest absolute Gasteiger partial charge is 0.266 e. The largest absolute Gasteiger partial charge is 0.491 e. The van der Waals surface area contributed by atoms with Crippen molar-refractivity contribution < 1.29 is 18.1 Å². The Hall–Kier alpha value is -1.34. The molecule has 0 saturated heterocycles. The van der Waals surface area contributed by atoms with Gasteiger partial charge in [0.2, 0.25) is 0 Å². The summed E-state index contributed by atoms with van der Waals surface area (Å²) in [5.41, 5.74) is -0.173. The monoisotopic (exact) mass is 414 g/mol. The molecule has 4 saturated carbocycles. The molecule has 1 aromatic carbocycles. The van der Waals surface area contributed by atoms with Crippen molar-refractivity contribution in [3.8, 4) is 5.75 Å². The number of amides is 1. The zero-order chi connectivity index (χ0) is 19.4. The van der Waals surface area contributed by atoms with Crippen LogP contribution < -0.4 is 9.46 Å². The van der Waals surface area contributed by atoms with Crippen molar-refractivity contribution in [2.45, 2.75) is 38.5 Å². The lowest BCUT2D eigenvalue weighted by Crippen LogP contribution is -2.48. The molecule has 4 aliphatic rings. The number of carbonyl (C=O) groups is 1. The molecule has 0 spiro atoms. The van der Waals surface area contributed by atoms with E-state index in [2.05, 4.69) is 0 Å². The van der Waals surface area contributed by atoms with Crippen LogP contribution in [-0.2, 0) is 9.92 Å². The average Bonchev–Trinajstić information content (AvgIpc) is 2.52. The number of carbonyl (C=O) groups excluding carboxylic acids is 1. The first kappa shape index (κ1) is 19.0. The summed E-state index contributed by atoms with van der Waals surface area (Å²) in [5.74, 6) is 0.890. The highest BCUT2D eigenvalue weighted by atomic mass is 35.5. The molecule has 1 aromatic rings. The highest BCUT2D eigenvalue weighted by Gasteiger charge is 2.51. The van der Waals surface area contributed by atoms with Gasteiger partial charge in [-0.15, -0.1) is 0 Å². The van der Waals surface area contributed by atoms with Crippen LogP contribution in [-0.4, -0.2) is 23.0 Å². The maximum atomic E-state index is 14.4. The first-order valence-corrected chi connectivity index (χ1v) is 11.6. The van der Waals surface area contributed by atoms with Crippen molar-refractivity contribution in [2.24, 2.45) is 23.2 Å². The Labute approximate surface area is 164 Å². The van der Waals surface area contributed by atoms with Crippen molar-refractivity contribution in [3.63, 3.8) is 0 Å². The topological polar surface area (TPSA) is 79.3 Å². The van der Waals surface area contributed by atoms with E-state index in [0.717, 1.165) is 30.1 Å². The van der Waals surface area contributed by atoms with Crippen molar-refractivity contribution >= 4 is 27.4 Å². The van der Waals surface area contributed by atoms with Crippen LogP contribution in [0, 0.1) is 33.8 Å². The SMILES string of the molecule is CS(=N)(=O)NC(=O)c1cc(Cl)c(OCC23CC4CC(CC(C4)C2)C3)cc1F. The van der Waals surface area contributed by atoms with E-state index in [1.165, 1.54) is 44.6 Å². The number of benzene rings is 1. The fraction of sp³-hybridized carbons (Fsp3) is 0.632. The molecule has 1 atom stereocenters. The summed E-state index contributed by atoms with van der Waals surface area (Å²) in [4.78, 5) is 12.0. The summed E-state index contributed by atoms with van der Waals surface area (Å²) in [6, 6.07) is 2.28. The number of hydrogen-bond donors (Lipinski definition) is 2. The minimum Gasteiger partial charge on any atom is -0.491 e. The third-order valence-corrected chi connectivity index (χ3v) is 7.12. The molecule has 1 amide bonds. The number of ether oxygens (including phenoxy) is 1. The van der Waals surface area contributed by atoms with Gasteiger partial charge < -0.3 is 4.74 Å². The third kappa shape index (κ3) is 3.94. The van der Waals surface area contributed by atoms with Gasteiger partial charge in [0.15, 0.2) is 0 Å². The van der Waals surface area contributed by atoms with Gasteiger partial charge in [-0.1, -0.05) is 11.6 Å². The van der Waals surface area contributed by atoms with Crippen LogP contribution in [0.1, 0.15) is 48.9 Å². The maximum absolute atomic E-state index is 14.4. The molecule has 2 N–H and O–H groups in total. The Morgan fingerprint density at radius 2 is 1.85 bits per heavy atom. The van der Waals surface area contributed by atoms with Crippen LogP contribution in [0.2, 0.25) is 5.02 Å². The Bertz CT molecular complexity index is 852. The van der Waals surface area contributed by atoms with Crippen LogP contribution in [0.15, 0.2) is 12.1 Å². The normalized spacial score (nSPS) is 33.5. The minimum absolute atomic E-state index is 0.138. The van der Waals surface area contributed by atoms with Crippen molar-refractivity contribution in [3.05, 3.63) is 28.5 Å². The predicted octanol–water partition coefficient (Wildman–Crippen LogP) is 4.40. The molecule has 5 nitrogen and oxygen atoms in total. The lowest BCUT2D eigenvalue weighted by Gasteiger charge is -2.56. The van der Waals surface area contributed by atoms with E-state index < -0.39 is 21.6 Å². The third-order valence-electron chi connectivity index (χ3n) is 6.25. The number of rotatable bonds is 5. The second kappa shape index (κ2) is 6.62. The van der Waals surface area contributed by atoms with Crippen molar-refractivity contribution in [1.82, 2.24) is 4.72 Å². The Morgan fingerprint density at radius 1 is 1.30 bits per heavy atom. The lowest BCUT2D eigenvalue weighted by atomic mass is 9.50. The number of hydrogen-bond acceptors (Lipinski definition) is 4. The molecule has 0 radical (unpaired) electrons. The summed E-state index contributed by atoms with van der Waals surface area (Å²) in [6.45, 7) is 0.525. The van der Waals surface area contributed by atoms with Gasteiger partial charge in [0.1, 0.15) is 21.5 Å². The highest BCUT2D eigenvalue weighted by molar-refractivity contribution is 7.90. The minimum atomic E-state index is -3.29. The molecule has 4 bridgehead atoms. The van der Waals surface area contributed by atoms with Gasteiger partial charge >= 0.3 is 0 Å². The van der Waals surface area contributed by atoms with Crippen LogP contribution in [0.25, 0.3) is 0 Å². The van der Waals surface area contributed by atoms with Crippen LogP contribution in [0.3, 0.4) is 0 Å². The molecule has 8 heteroatoms. The molecule has 5 rings (SSSR count). The summed E-state index contributed by atoms with van der Waals surface area (Å²) >= 11 is 6.21. The van der Waals surface area contributed by atoms with E-state index in [9.17, 15) is 13.4 Å². The van der Waals surface area contributed by atoms with Gasteiger partial charge in [-0.3, -0.25) is 9.52 Å². The number of nitrogens with one attached hydrogen (secondary N) is 2. The zero-order valence-electron chi connectivity index (χ0n) is 15.2. The molecule has 4 fully saturated rings. The van der Waals surface area contributed by atoms with Crippen molar-refractivity contribution in [1.29, 1.82) is 4.78 Å². The van der Waals surface area contributed by atoms with Crippen LogP contribution in [0.4, 0.5) is 4.39 Å². The quantitative estimate of drug-likeness (QED) is 0.749. The molecule has 4 aliphatic carbocycles. The molecule has 0 aliphatic heterocycles. The summed E-state index contributed by atoms with van der Waals surface area (Å²) in [7, 11) is -3.29. The van der Waals surface area contributed by atoms with Gasteiger partial charge in [-0.25, -0.2) is 13.4 Å². The fourth-order valence-electron chi connectivity index (χ4n) is 5.74. The first-order chi connectivity index (χ1) is 12.6. The van der Waals surface area contributed by atoms with Gasteiger partial charge in [0.25, 0.3) is 5.91 Å². The maximum Gasteiger partial charge on any atom is 0.266 e. The second-order valence-corrected chi connectivity index (χ2v) is 11.0. The predicted molar refractivity (Wildman–Crippen MR) is 102 cm³/mol. The Morgan fingerprint density at radius 3 is 2.37 bits per heavy atom. The molecule has 148 valence electrons. The standard InChI is InChI=1S/C19H24ClFN2O3S/c1-27(22,25)23-18(24)14-5-15(20)17(6-16(14)21)26-10-19-7-11-2-12(8-19)4-13(3-11)9-19/h5-6,11-13H,2-4,7-10H2,1H3,(H2,22,23,24,25). The van der Waals surface area contributed by atoms with Crippen molar-refractivity contribution in [2.75, 3.05) is 12.9 Å². The molecule has 1 unspecified atom stereocenters. The average molecular weight is 415 g/mol. The van der Waals surface area contributed by atoms with Crippen LogP contribution >= 0.6 is 11.6 Å². The van der Waals surface area contributed by atoms with Gasteiger partial charge in [-0.05, 0) is 62.3 Å². The van der Waals surface area contributed by atoms with E-state index in [-0.39, 0.29) is 21.8 Å². The van der Waals surface area contributed by atoms with E-state index in [1.807, 2.05) is 4.72 Å². The number of halogens is 2. The zero-order valence-corrected chi connectivity index (χ0v) is 16.8. The summed E-state index contributed by atoms with van der Waals surface area (Å²) < 4.78 is 40.9. The van der Waals surface area contributed by atoms with E-state index in [4.69, 9.17) is 21.1 Å². The Kier molecular flexibility index (Phi) is 4.66. The summed E-state index contributed by atoms with van der Waals surface area (Å²) in [6.07, 6.45) is 8.60. The van der Waals surface area contributed by atoms with Gasteiger partial charge in [-0.2, -0.15) is 0 Å². The molecule has 27 heavy (non-hydrogen) atoms.